The van der Waals surface area contributed by atoms with Crippen LogP contribution >= 0.6 is 0 Å². The second-order valence-electron chi connectivity index (χ2n) is 8.02. The molecule has 4 aromatic rings. The highest BCUT2D eigenvalue weighted by Gasteiger charge is 2.24. The number of pyridine rings is 1. The van der Waals surface area contributed by atoms with Crippen LogP contribution in [0.3, 0.4) is 0 Å². The lowest BCUT2D eigenvalue weighted by atomic mass is 9.99. The molecule has 0 N–H and O–H groups in total. The monoisotopic (exact) mass is 371 g/mol. The van der Waals surface area contributed by atoms with Crippen LogP contribution in [0.5, 0.6) is 0 Å². The number of hydrogen-bond acceptors (Lipinski definition) is 0. The number of fused-ring (bicyclic) bond motifs is 1. The van der Waals surface area contributed by atoms with E-state index in [1.807, 2.05) is 0 Å². The van der Waals surface area contributed by atoms with E-state index < -0.39 is 0 Å². The van der Waals surface area contributed by atoms with Gasteiger partial charge in [0.25, 0.3) is 0 Å². The summed E-state index contributed by atoms with van der Waals surface area (Å²) in [6.07, 6.45) is 2.18. The Balaban J connectivity index is 2.01. The minimum Gasteiger partial charge on any atom is -0.157 e. The Bertz CT molecular complexity index is 1180. The topological polar surface area (TPSA) is 12.7 Å². The van der Waals surface area contributed by atoms with Crippen molar-refractivity contribution in [3.05, 3.63) is 77.6 Å². The molecule has 0 saturated heterocycles. The maximum absolute atomic E-state index is 2.39. The predicted octanol–water partition coefficient (Wildman–Crippen LogP) is 4.92. The average Bonchev–Trinajstić information content (AvgIpc) is 3.05. The second-order valence-corrected chi connectivity index (χ2v) is 8.02. The van der Waals surface area contributed by atoms with Crippen LogP contribution in [-0.2, 0) is 7.05 Å². The molecule has 0 atom stereocenters. The van der Waals surface area contributed by atoms with Crippen LogP contribution in [0.2, 0.25) is 0 Å². The van der Waals surface area contributed by atoms with E-state index in [9.17, 15) is 0 Å². The molecule has 142 valence electrons. The zero-order valence-corrected chi connectivity index (χ0v) is 17.7. The molecule has 0 radical (unpaired) electrons. The maximum atomic E-state index is 2.39. The highest BCUT2D eigenvalue weighted by molar-refractivity contribution is 5.76. The highest BCUT2D eigenvalue weighted by Crippen LogP contribution is 2.28. The van der Waals surface area contributed by atoms with Crippen LogP contribution in [0.15, 0.2) is 60.8 Å². The van der Waals surface area contributed by atoms with E-state index in [-0.39, 0.29) is 0 Å². The van der Waals surface area contributed by atoms with Crippen molar-refractivity contribution in [2.75, 3.05) is 0 Å². The first-order valence-corrected chi connectivity index (χ1v) is 9.98. The standard InChI is InChI=1S/C25H29N3/c1-17(2)27-14-13-24(26(27)6)22-15-18(3)16-25(20(22)5)28-19(4)11-12-21-9-7-8-10-23(21)28/h7-17H,1-6H3/q+2. The van der Waals surface area contributed by atoms with Crippen LogP contribution < -0.4 is 9.25 Å². The molecule has 2 aromatic carbocycles. The van der Waals surface area contributed by atoms with Crippen LogP contribution in [0.4, 0.5) is 0 Å². The number of hydrogen-bond donors (Lipinski definition) is 0. The quantitative estimate of drug-likeness (QED) is 0.454. The molecule has 0 amide bonds. The van der Waals surface area contributed by atoms with Crippen molar-refractivity contribution in [2.45, 2.75) is 40.7 Å². The van der Waals surface area contributed by atoms with Gasteiger partial charge in [0.15, 0.2) is 17.9 Å². The average molecular weight is 372 g/mol. The molecule has 0 bridgehead atoms. The van der Waals surface area contributed by atoms with Gasteiger partial charge in [-0.05, 0) is 51.5 Å². The third kappa shape index (κ3) is 2.91. The van der Waals surface area contributed by atoms with Crippen molar-refractivity contribution in [3.8, 4) is 16.9 Å². The fourth-order valence-corrected chi connectivity index (χ4v) is 4.23. The first-order chi connectivity index (χ1) is 13.4. The van der Waals surface area contributed by atoms with E-state index >= 15 is 0 Å². The van der Waals surface area contributed by atoms with Gasteiger partial charge in [0.2, 0.25) is 11.2 Å². The summed E-state index contributed by atoms with van der Waals surface area (Å²) < 4.78 is 6.92. The molecule has 2 aromatic heterocycles. The molecule has 0 saturated carbocycles. The Kier molecular flexibility index (Phi) is 4.54. The molecule has 4 rings (SSSR count). The minimum absolute atomic E-state index is 0.429. The van der Waals surface area contributed by atoms with Crippen molar-refractivity contribution in [1.29, 1.82) is 0 Å². The van der Waals surface area contributed by atoms with Gasteiger partial charge in [0.05, 0.1) is 7.05 Å². The molecule has 0 aliphatic heterocycles. The van der Waals surface area contributed by atoms with Crippen LogP contribution in [0.25, 0.3) is 27.8 Å². The zero-order valence-electron chi connectivity index (χ0n) is 17.7. The van der Waals surface area contributed by atoms with Crippen LogP contribution in [-0.4, -0.2) is 4.68 Å². The van der Waals surface area contributed by atoms with Gasteiger partial charge in [-0.15, -0.1) is 4.68 Å². The maximum Gasteiger partial charge on any atom is 0.218 e. The summed E-state index contributed by atoms with van der Waals surface area (Å²) in [4.78, 5) is 0. The summed E-state index contributed by atoms with van der Waals surface area (Å²) in [5.74, 6) is 0. The third-order valence-corrected chi connectivity index (χ3v) is 5.69. The summed E-state index contributed by atoms with van der Waals surface area (Å²) >= 11 is 0. The Labute approximate surface area is 167 Å². The minimum atomic E-state index is 0.429. The molecular weight excluding hydrogens is 342 g/mol. The van der Waals surface area contributed by atoms with E-state index in [0.717, 1.165) is 0 Å². The zero-order chi connectivity index (χ0) is 20.0. The van der Waals surface area contributed by atoms with Gasteiger partial charge in [0, 0.05) is 47.7 Å². The molecule has 3 nitrogen and oxygen atoms in total. The van der Waals surface area contributed by atoms with Crippen LogP contribution in [0, 0.1) is 20.8 Å². The summed E-state index contributed by atoms with van der Waals surface area (Å²) in [5.41, 5.74) is 8.83. The Morgan fingerprint density at radius 3 is 2.36 bits per heavy atom. The van der Waals surface area contributed by atoms with Crippen LogP contribution in [0.1, 0.15) is 36.7 Å². The SMILES string of the molecule is Cc1cc(-c2cc[n+](C(C)C)n2C)c(C)c(-[n+]2c(C)ccc3ccccc32)c1. The first-order valence-electron chi connectivity index (χ1n) is 9.98. The molecule has 0 spiro atoms. The van der Waals surface area contributed by atoms with E-state index in [1.54, 1.807) is 0 Å². The normalized spacial score (nSPS) is 11.5. The van der Waals surface area contributed by atoms with Gasteiger partial charge < -0.3 is 0 Å². The van der Waals surface area contributed by atoms with Gasteiger partial charge in [-0.25, -0.2) is 0 Å². The Morgan fingerprint density at radius 2 is 1.64 bits per heavy atom. The summed E-state index contributed by atoms with van der Waals surface area (Å²) in [6, 6.07) is 20.3. The van der Waals surface area contributed by atoms with Gasteiger partial charge in [-0.1, -0.05) is 12.1 Å². The molecule has 0 aliphatic carbocycles. The fraction of sp³-hybridized carbons (Fsp3) is 0.280. The van der Waals surface area contributed by atoms with Gasteiger partial charge in [-0.2, -0.15) is 9.25 Å². The number of para-hydroxylation sites is 1. The van der Waals surface area contributed by atoms with E-state index in [1.165, 1.54) is 44.7 Å². The number of rotatable bonds is 3. The van der Waals surface area contributed by atoms with Gasteiger partial charge in [0.1, 0.15) is 5.69 Å². The summed E-state index contributed by atoms with van der Waals surface area (Å²) in [6.45, 7) is 11.0. The lowest BCUT2D eigenvalue weighted by Crippen LogP contribution is -2.43. The number of benzene rings is 2. The fourth-order valence-electron chi connectivity index (χ4n) is 4.23. The highest BCUT2D eigenvalue weighted by atomic mass is 15.4. The van der Waals surface area contributed by atoms with Crippen molar-refractivity contribution in [1.82, 2.24) is 4.68 Å². The summed E-state index contributed by atoms with van der Waals surface area (Å²) in [7, 11) is 2.15. The molecule has 0 aliphatic rings. The number of nitrogens with zero attached hydrogens (tertiary/aromatic N) is 3. The molecule has 3 heteroatoms. The van der Waals surface area contributed by atoms with Crippen molar-refractivity contribution >= 4 is 10.9 Å². The van der Waals surface area contributed by atoms with Crippen molar-refractivity contribution < 1.29 is 9.25 Å². The first kappa shape index (κ1) is 18.4. The molecule has 28 heavy (non-hydrogen) atoms. The molecule has 0 unspecified atom stereocenters. The van der Waals surface area contributed by atoms with E-state index in [0.29, 0.717) is 6.04 Å². The summed E-state index contributed by atoms with van der Waals surface area (Å²) in [5, 5.41) is 1.26. The third-order valence-electron chi connectivity index (χ3n) is 5.69. The number of aryl methyl sites for hydroxylation is 2. The number of aromatic nitrogens is 3. The smallest absolute Gasteiger partial charge is 0.157 e. The lowest BCUT2D eigenvalue weighted by Gasteiger charge is -2.12. The molecular formula is C25H29N3+2. The van der Waals surface area contributed by atoms with E-state index in [4.69, 9.17) is 0 Å². The molecule has 2 heterocycles. The molecule has 0 fully saturated rings. The second kappa shape index (κ2) is 6.90. The Hall–Kier alpha value is -2.94. The van der Waals surface area contributed by atoms with E-state index in [2.05, 4.69) is 116 Å². The van der Waals surface area contributed by atoms with Gasteiger partial charge >= 0.3 is 0 Å². The van der Waals surface area contributed by atoms with Crippen molar-refractivity contribution in [3.63, 3.8) is 0 Å². The van der Waals surface area contributed by atoms with Crippen molar-refractivity contribution in [2.24, 2.45) is 7.05 Å². The Morgan fingerprint density at radius 1 is 0.893 bits per heavy atom. The predicted molar refractivity (Wildman–Crippen MR) is 115 cm³/mol. The lowest BCUT2D eigenvalue weighted by molar-refractivity contribution is -0.789. The van der Waals surface area contributed by atoms with Gasteiger partial charge in [-0.3, -0.25) is 0 Å². The largest absolute Gasteiger partial charge is 0.218 e.